The van der Waals surface area contributed by atoms with Crippen molar-refractivity contribution in [3.8, 4) is 10.6 Å². The molecule has 0 radical (unpaired) electrons. The summed E-state index contributed by atoms with van der Waals surface area (Å²) < 4.78 is 0. The second-order valence-electron chi connectivity index (χ2n) is 4.87. The molecule has 2 heterocycles. The predicted octanol–water partition coefficient (Wildman–Crippen LogP) is 3.07. The first-order chi connectivity index (χ1) is 11.5. The molecule has 0 atom stereocenters. The van der Waals surface area contributed by atoms with E-state index in [4.69, 9.17) is 0 Å². The lowest BCUT2D eigenvalue weighted by Gasteiger charge is -2.03. The zero-order valence-corrected chi connectivity index (χ0v) is 13.3. The van der Waals surface area contributed by atoms with Crippen molar-refractivity contribution in [3.05, 3.63) is 64.0 Å². The van der Waals surface area contributed by atoms with E-state index in [-0.39, 0.29) is 5.69 Å². The maximum Gasteiger partial charge on any atom is 0.272 e. The number of rotatable bonds is 4. The van der Waals surface area contributed by atoms with Crippen LogP contribution in [0.1, 0.15) is 15.9 Å². The average Bonchev–Trinajstić information content (AvgIpc) is 3.03. The summed E-state index contributed by atoms with van der Waals surface area (Å²) in [4.78, 5) is 26.6. The standard InChI is InChI=1S/C15H11N5O3S/c1-9-7-10(4-5-12(9)20(22)23)13(21)17-15-19-18-14(24-15)11-3-2-6-16-8-11/h2-8H,1H3,(H,17,19,21). The number of carbonyl (C=O) groups is 1. The maximum absolute atomic E-state index is 12.2. The van der Waals surface area contributed by atoms with Gasteiger partial charge >= 0.3 is 0 Å². The third kappa shape index (κ3) is 3.25. The molecule has 0 aliphatic heterocycles. The molecule has 0 saturated heterocycles. The number of nitrogens with one attached hydrogen (secondary N) is 1. The highest BCUT2D eigenvalue weighted by atomic mass is 32.1. The van der Waals surface area contributed by atoms with Crippen molar-refractivity contribution in [3.63, 3.8) is 0 Å². The van der Waals surface area contributed by atoms with E-state index in [1.165, 1.54) is 29.5 Å². The number of nitro groups is 1. The van der Waals surface area contributed by atoms with Crippen molar-refractivity contribution >= 4 is 28.1 Å². The van der Waals surface area contributed by atoms with Gasteiger partial charge < -0.3 is 0 Å². The van der Waals surface area contributed by atoms with Gasteiger partial charge in [-0.1, -0.05) is 11.3 Å². The number of benzene rings is 1. The molecule has 24 heavy (non-hydrogen) atoms. The van der Waals surface area contributed by atoms with Crippen molar-refractivity contribution in [1.29, 1.82) is 0 Å². The molecular formula is C15H11N5O3S. The molecule has 9 heteroatoms. The Balaban J connectivity index is 1.77. The number of pyridine rings is 1. The summed E-state index contributed by atoms with van der Waals surface area (Å²) in [6.45, 7) is 1.58. The van der Waals surface area contributed by atoms with Crippen molar-refractivity contribution in [2.24, 2.45) is 0 Å². The lowest BCUT2D eigenvalue weighted by Crippen LogP contribution is -2.12. The second kappa shape index (κ2) is 6.50. The fourth-order valence-electron chi connectivity index (χ4n) is 2.05. The quantitative estimate of drug-likeness (QED) is 0.576. The highest BCUT2D eigenvalue weighted by Crippen LogP contribution is 2.26. The van der Waals surface area contributed by atoms with Crippen LogP contribution in [0.15, 0.2) is 42.7 Å². The molecule has 0 unspecified atom stereocenters. The third-order valence-electron chi connectivity index (χ3n) is 3.21. The zero-order valence-electron chi connectivity index (χ0n) is 12.5. The number of anilines is 1. The number of nitrogens with zero attached hydrogens (tertiary/aromatic N) is 4. The van der Waals surface area contributed by atoms with Gasteiger partial charge in [-0.2, -0.15) is 0 Å². The second-order valence-corrected chi connectivity index (χ2v) is 5.84. The van der Waals surface area contributed by atoms with E-state index in [0.717, 1.165) is 5.56 Å². The molecule has 3 aromatic rings. The van der Waals surface area contributed by atoms with Crippen LogP contribution in [-0.4, -0.2) is 26.0 Å². The minimum Gasteiger partial charge on any atom is -0.296 e. The van der Waals surface area contributed by atoms with Gasteiger partial charge in [-0.15, -0.1) is 10.2 Å². The van der Waals surface area contributed by atoms with E-state index >= 15 is 0 Å². The Bertz CT molecular complexity index is 910. The molecule has 3 rings (SSSR count). The van der Waals surface area contributed by atoms with E-state index in [2.05, 4.69) is 20.5 Å². The van der Waals surface area contributed by atoms with Gasteiger partial charge in [-0.25, -0.2) is 0 Å². The summed E-state index contributed by atoms with van der Waals surface area (Å²) in [6, 6.07) is 7.82. The van der Waals surface area contributed by atoms with Crippen molar-refractivity contribution < 1.29 is 9.72 Å². The van der Waals surface area contributed by atoms with Crippen LogP contribution in [0.25, 0.3) is 10.6 Å². The topological polar surface area (TPSA) is 111 Å². The van der Waals surface area contributed by atoms with Gasteiger partial charge in [-0.05, 0) is 31.2 Å². The van der Waals surface area contributed by atoms with Gasteiger partial charge in [-0.3, -0.25) is 25.2 Å². The van der Waals surface area contributed by atoms with E-state index < -0.39 is 10.8 Å². The number of hydrogen-bond acceptors (Lipinski definition) is 7. The molecule has 0 aliphatic rings. The fraction of sp³-hybridized carbons (Fsp3) is 0.0667. The van der Waals surface area contributed by atoms with Gasteiger partial charge in [0.15, 0.2) is 5.01 Å². The summed E-state index contributed by atoms with van der Waals surface area (Å²) in [6.07, 6.45) is 3.32. The Morgan fingerprint density at radius 1 is 1.29 bits per heavy atom. The van der Waals surface area contributed by atoms with Crippen LogP contribution < -0.4 is 5.32 Å². The molecule has 8 nitrogen and oxygen atoms in total. The summed E-state index contributed by atoms with van der Waals surface area (Å²) in [5.41, 5.74) is 1.51. The van der Waals surface area contributed by atoms with Gasteiger partial charge in [0, 0.05) is 35.2 Å². The predicted molar refractivity (Wildman–Crippen MR) is 88.9 cm³/mol. The number of nitro benzene ring substituents is 1. The first kappa shape index (κ1) is 15.7. The van der Waals surface area contributed by atoms with Gasteiger partial charge in [0.25, 0.3) is 11.6 Å². The van der Waals surface area contributed by atoms with Crippen LogP contribution in [0.5, 0.6) is 0 Å². The summed E-state index contributed by atoms with van der Waals surface area (Å²) >= 11 is 1.22. The smallest absolute Gasteiger partial charge is 0.272 e. The van der Waals surface area contributed by atoms with Gasteiger partial charge in [0.1, 0.15) is 0 Å². The van der Waals surface area contributed by atoms with Gasteiger partial charge in [0.2, 0.25) is 5.13 Å². The minimum atomic E-state index is -0.484. The number of aromatic nitrogens is 3. The normalized spacial score (nSPS) is 10.4. The zero-order chi connectivity index (χ0) is 17.1. The molecule has 0 bridgehead atoms. The molecule has 1 amide bonds. The molecule has 0 saturated carbocycles. The van der Waals surface area contributed by atoms with E-state index in [9.17, 15) is 14.9 Å². The monoisotopic (exact) mass is 341 g/mol. The van der Waals surface area contributed by atoms with Crippen LogP contribution in [0, 0.1) is 17.0 Å². The van der Waals surface area contributed by atoms with E-state index in [1.54, 1.807) is 25.4 Å². The molecule has 1 aromatic carbocycles. The molecule has 0 spiro atoms. The SMILES string of the molecule is Cc1cc(C(=O)Nc2nnc(-c3cccnc3)s2)ccc1[N+](=O)[O-]. The third-order valence-corrected chi connectivity index (χ3v) is 4.10. The first-order valence-electron chi connectivity index (χ1n) is 6.85. The average molecular weight is 341 g/mol. The number of amides is 1. The Kier molecular flexibility index (Phi) is 4.25. The maximum atomic E-state index is 12.2. The Labute approximate surface area is 140 Å². The Hall–Kier alpha value is -3.20. The Morgan fingerprint density at radius 2 is 2.12 bits per heavy atom. The lowest BCUT2D eigenvalue weighted by molar-refractivity contribution is -0.385. The largest absolute Gasteiger partial charge is 0.296 e. The molecule has 0 fully saturated rings. The van der Waals surface area contributed by atoms with E-state index in [0.29, 0.717) is 21.3 Å². The number of hydrogen-bond donors (Lipinski definition) is 1. The van der Waals surface area contributed by atoms with Crippen molar-refractivity contribution in [2.75, 3.05) is 5.32 Å². The number of aryl methyl sites for hydroxylation is 1. The molecule has 120 valence electrons. The lowest BCUT2D eigenvalue weighted by atomic mass is 10.1. The van der Waals surface area contributed by atoms with Crippen LogP contribution in [0.4, 0.5) is 10.8 Å². The summed E-state index contributed by atoms with van der Waals surface area (Å²) in [5, 5.41) is 22.4. The Morgan fingerprint density at radius 3 is 2.79 bits per heavy atom. The van der Waals surface area contributed by atoms with Crippen LogP contribution in [0.3, 0.4) is 0 Å². The summed E-state index contributed by atoms with van der Waals surface area (Å²) in [7, 11) is 0. The molecule has 2 aromatic heterocycles. The number of carbonyl (C=O) groups excluding carboxylic acids is 1. The summed E-state index contributed by atoms with van der Waals surface area (Å²) in [5.74, 6) is -0.401. The first-order valence-corrected chi connectivity index (χ1v) is 7.66. The van der Waals surface area contributed by atoms with Gasteiger partial charge in [0.05, 0.1) is 4.92 Å². The molecule has 1 N–H and O–H groups in total. The van der Waals surface area contributed by atoms with Crippen LogP contribution in [0.2, 0.25) is 0 Å². The van der Waals surface area contributed by atoms with Crippen molar-refractivity contribution in [1.82, 2.24) is 15.2 Å². The van der Waals surface area contributed by atoms with Crippen molar-refractivity contribution in [2.45, 2.75) is 6.92 Å². The fourth-order valence-corrected chi connectivity index (χ4v) is 2.78. The minimum absolute atomic E-state index is 0.0265. The molecule has 0 aliphatic carbocycles. The van der Waals surface area contributed by atoms with Crippen LogP contribution >= 0.6 is 11.3 Å². The highest BCUT2D eigenvalue weighted by Gasteiger charge is 2.15. The highest BCUT2D eigenvalue weighted by molar-refractivity contribution is 7.18. The molecular weight excluding hydrogens is 330 g/mol. The van der Waals surface area contributed by atoms with E-state index in [1.807, 2.05) is 6.07 Å². The van der Waals surface area contributed by atoms with Crippen LogP contribution in [-0.2, 0) is 0 Å².